The van der Waals surface area contributed by atoms with Crippen molar-refractivity contribution >= 4 is 34.6 Å². The van der Waals surface area contributed by atoms with E-state index in [2.05, 4.69) is 5.10 Å². The monoisotopic (exact) mass is 421 g/mol. The van der Waals surface area contributed by atoms with Crippen LogP contribution in [-0.2, 0) is 0 Å². The molecule has 0 aliphatic rings. The number of rotatable bonds is 4. The average molecular weight is 422 g/mol. The maximum absolute atomic E-state index is 13.3. The van der Waals surface area contributed by atoms with Gasteiger partial charge in [-0.15, -0.1) is 0 Å². The molecule has 29 heavy (non-hydrogen) atoms. The standard InChI is InChI=1S/C23H17Cl2N3O/c1-15-21(23(29)28(27-15)18-10-6-3-7-11-18)22(16-8-4-2-5-9-16)26-20-13-12-17(24)14-19(20)25/h2-14,27H,1H3. The first kappa shape index (κ1) is 19.2. The Morgan fingerprint density at radius 1 is 0.931 bits per heavy atom. The van der Waals surface area contributed by atoms with E-state index in [1.165, 1.54) is 4.68 Å². The summed E-state index contributed by atoms with van der Waals surface area (Å²) >= 11 is 12.4. The predicted molar refractivity (Wildman–Crippen MR) is 119 cm³/mol. The molecule has 144 valence electrons. The molecule has 6 heteroatoms. The van der Waals surface area contributed by atoms with Crippen LogP contribution in [0, 0.1) is 6.92 Å². The highest BCUT2D eigenvalue weighted by Crippen LogP contribution is 2.29. The molecule has 4 aromatic rings. The van der Waals surface area contributed by atoms with Crippen LogP contribution in [0.2, 0.25) is 10.0 Å². The first-order chi connectivity index (χ1) is 14.0. The van der Waals surface area contributed by atoms with Crippen molar-refractivity contribution in [3.63, 3.8) is 0 Å². The quantitative estimate of drug-likeness (QED) is 0.406. The molecule has 0 fully saturated rings. The summed E-state index contributed by atoms with van der Waals surface area (Å²) in [5, 5.41) is 4.10. The highest BCUT2D eigenvalue weighted by atomic mass is 35.5. The first-order valence-electron chi connectivity index (χ1n) is 9.01. The van der Waals surface area contributed by atoms with E-state index >= 15 is 0 Å². The van der Waals surface area contributed by atoms with Crippen molar-refractivity contribution in [1.29, 1.82) is 0 Å². The third-order valence-corrected chi connectivity index (χ3v) is 5.05. The zero-order valence-corrected chi connectivity index (χ0v) is 17.1. The Bertz CT molecular complexity index is 1240. The zero-order chi connectivity index (χ0) is 20.4. The summed E-state index contributed by atoms with van der Waals surface area (Å²) in [6.45, 7) is 1.86. The van der Waals surface area contributed by atoms with Gasteiger partial charge in [0.25, 0.3) is 5.56 Å². The predicted octanol–water partition coefficient (Wildman–Crippen LogP) is 5.95. The smallest absolute Gasteiger partial charge is 0.280 e. The highest BCUT2D eigenvalue weighted by molar-refractivity contribution is 6.36. The Morgan fingerprint density at radius 2 is 1.59 bits per heavy atom. The number of benzene rings is 3. The number of H-pyrrole nitrogens is 1. The molecule has 0 atom stereocenters. The van der Waals surface area contributed by atoms with E-state index in [9.17, 15) is 4.79 Å². The minimum Gasteiger partial charge on any atom is -0.295 e. The molecular formula is C23H17Cl2N3O. The Labute approximate surface area is 178 Å². The Hall–Kier alpha value is -3.08. The lowest BCUT2D eigenvalue weighted by Crippen LogP contribution is -2.21. The molecule has 0 unspecified atom stereocenters. The average Bonchev–Trinajstić information content (AvgIpc) is 3.03. The van der Waals surface area contributed by atoms with Crippen molar-refractivity contribution in [3.05, 3.63) is 116 Å². The Kier molecular flexibility index (Phi) is 5.38. The molecule has 0 amide bonds. The van der Waals surface area contributed by atoms with E-state index in [0.29, 0.717) is 32.7 Å². The summed E-state index contributed by atoms with van der Waals surface area (Å²) < 4.78 is 1.52. The van der Waals surface area contributed by atoms with E-state index in [-0.39, 0.29) is 5.56 Å². The second-order valence-electron chi connectivity index (χ2n) is 6.51. The summed E-state index contributed by atoms with van der Waals surface area (Å²) in [4.78, 5) is 18.1. The van der Waals surface area contributed by atoms with Crippen LogP contribution < -0.4 is 5.56 Å². The van der Waals surface area contributed by atoms with Crippen molar-refractivity contribution in [2.75, 3.05) is 0 Å². The molecule has 0 saturated carbocycles. The summed E-state index contributed by atoms with van der Waals surface area (Å²) in [6, 6.07) is 24.1. The molecule has 0 aliphatic heterocycles. The molecule has 0 bridgehead atoms. The third-order valence-electron chi connectivity index (χ3n) is 4.51. The lowest BCUT2D eigenvalue weighted by molar-refractivity contribution is 0.835. The van der Waals surface area contributed by atoms with Crippen molar-refractivity contribution in [2.24, 2.45) is 4.99 Å². The van der Waals surface area contributed by atoms with Gasteiger partial charge in [0.15, 0.2) is 0 Å². The van der Waals surface area contributed by atoms with Crippen LogP contribution in [0.4, 0.5) is 5.69 Å². The van der Waals surface area contributed by atoms with Gasteiger partial charge in [0.1, 0.15) is 0 Å². The molecule has 0 aliphatic carbocycles. The van der Waals surface area contributed by atoms with Gasteiger partial charge in [0, 0.05) is 16.3 Å². The van der Waals surface area contributed by atoms with Gasteiger partial charge in [-0.25, -0.2) is 9.67 Å². The number of aromatic nitrogens is 2. The molecule has 0 saturated heterocycles. The second-order valence-corrected chi connectivity index (χ2v) is 7.35. The molecule has 1 N–H and O–H groups in total. The van der Waals surface area contributed by atoms with Crippen molar-refractivity contribution in [1.82, 2.24) is 9.78 Å². The number of hydrogen-bond acceptors (Lipinski definition) is 2. The maximum Gasteiger partial charge on any atom is 0.280 e. The summed E-state index contributed by atoms with van der Waals surface area (Å²) in [7, 11) is 0. The fourth-order valence-corrected chi connectivity index (χ4v) is 3.59. The fourth-order valence-electron chi connectivity index (χ4n) is 3.14. The minimum atomic E-state index is -0.179. The van der Waals surface area contributed by atoms with E-state index in [1.807, 2.05) is 67.6 Å². The molecule has 4 rings (SSSR count). The lowest BCUT2D eigenvalue weighted by Gasteiger charge is -2.07. The molecular weight excluding hydrogens is 405 g/mol. The largest absolute Gasteiger partial charge is 0.295 e. The molecule has 3 aromatic carbocycles. The number of nitrogens with one attached hydrogen (secondary N) is 1. The molecule has 0 spiro atoms. The topological polar surface area (TPSA) is 50.1 Å². The van der Waals surface area contributed by atoms with Crippen LogP contribution >= 0.6 is 23.2 Å². The van der Waals surface area contributed by atoms with Gasteiger partial charge in [-0.3, -0.25) is 9.89 Å². The van der Waals surface area contributed by atoms with Gasteiger partial charge in [-0.2, -0.15) is 0 Å². The fraction of sp³-hybridized carbons (Fsp3) is 0.0435. The van der Waals surface area contributed by atoms with Gasteiger partial charge < -0.3 is 0 Å². The second kappa shape index (κ2) is 8.11. The maximum atomic E-state index is 13.3. The van der Waals surface area contributed by atoms with Crippen molar-refractivity contribution < 1.29 is 0 Å². The Morgan fingerprint density at radius 3 is 2.24 bits per heavy atom. The van der Waals surface area contributed by atoms with E-state index < -0.39 is 0 Å². The van der Waals surface area contributed by atoms with Crippen LogP contribution in [0.15, 0.2) is 88.6 Å². The first-order valence-corrected chi connectivity index (χ1v) is 9.77. The van der Waals surface area contributed by atoms with Crippen LogP contribution in [0.1, 0.15) is 16.8 Å². The molecule has 1 heterocycles. The van der Waals surface area contributed by atoms with Crippen LogP contribution in [0.5, 0.6) is 0 Å². The summed E-state index contributed by atoms with van der Waals surface area (Å²) in [5.74, 6) is 0. The molecule has 1 aromatic heterocycles. The van der Waals surface area contributed by atoms with Crippen molar-refractivity contribution in [2.45, 2.75) is 6.92 Å². The number of nitrogens with zero attached hydrogens (tertiary/aromatic N) is 2. The number of aromatic amines is 1. The van der Waals surface area contributed by atoms with Crippen LogP contribution in [-0.4, -0.2) is 15.5 Å². The normalized spacial score (nSPS) is 11.6. The number of halogens is 2. The Balaban J connectivity index is 1.95. The number of para-hydroxylation sites is 1. The zero-order valence-electron chi connectivity index (χ0n) is 15.6. The summed E-state index contributed by atoms with van der Waals surface area (Å²) in [6.07, 6.45) is 0. The SMILES string of the molecule is Cc1[nH]n(-c2ccccc2)c(=O)c1C(=Nc1ccc(Cl)cc1Cl)c1ccccc1. The molecule has 0 radical (unpaired) electrons. The van der Waals surface area contributed by atoms with Gasteiger partial charge in [0.05, 0.1) is 27.7 Å². The lowest BCUT2D eigenvalue weighted by atomic mass is 10.0. The van der Waals surface area contributed by atoms with Gasteiger partial charge >= 0.3 is 0 Å². The van der Waals surface area contributed by atoms with Crippen molar-refractivity contribution in [3.8, 4) is 5.69 Å². The van der Waals surface area contributed by atoms with E-state index in [1.54, 1.807) is 18.2 Å². The number of aliphatic imine (C=N–C) groups is 1. The molecule has 4 nitrogen and oxygen atoms in total. The number of aryl methyl sites for hydroxylation is 1. The van der Waals surface area contributed by atoms with Gasteiger partial charge in [-0.05, 0) is 37.3 Å². The number of hydrogen-bond donors (Lipinski definition) is 1. The van der Waals surface area contributed by atoms with Crippen LogP contribution in [0.25, 0.3) is 5.69 Å². The van der Waals surface area contributed by atoms with Crippen LogP contribution in [0.3, 0.4) is 0 Å². The van der Waals surface area contributed by atoms with Gasteiger partial charge in [0.2, 0.25) is 0 Å². The highest BCUT2D eigenvalue weighted by Gasteiger charge is 2.20. The minimum absolute atomic E-state index is 0.179. The third kappa shape index (κ3) is 3.90. The van der Waals surface area contributed by atoms with E-state index in [4.69, 9.17) is 28.2 Å². The van der Waals surface area contributed by atoms with Gasteiger partial charge in [-0.1, -0.05) is 71.7 Å². The summed E-state index contributed by atoms with van der Waals surface area (Å²) in [5.41, 5.74) is 3.69. The van der Waals surface area contributed by atoms with E-state index in [0.717, 1.165) is 11.3 Å².